The fraction of sp³-hybridized carbons (Fsp3) is 0.875. The molecule has 0 saturated heterocycles. The third-order valence-corrected chi connectivity index (χ3v) is 13.2. The van der Waals surface area contributed by atoms with Crippen molar-refractivity contribution in [3.63, 3.8) is 0 Å². The molecule has 0 radical (unpaired) electrons. The highest BCUT2D eigenvalue weighted by Crippen LogP contribution is 2.43. The van der Waals surface area contributed by atoms with Gasteiger partial charge in [-0.3, -0.25) is 13.8 Å². The van der Waals surface area contributed by atoms with Crippen molar-refractivity contribution >= 4 is 13.8 Å². The molecule has 0 aromatic heterocycles. The number of hydrogen-bond donors (Lipinski definition) is 1. The summed E-state index contributed by atoms with van der Waals surface area (Å²) >= 11 is 0. The van der Waals surface area contributed by atoms with Gasteiger partial charge in [-0.25, -0.2) is 4.57 Å². The van der Waals surface area contributed by atoms with Gasteiger partial charge >= 0.3 is 13.8 Å². The Balaban J connectivity index is 4.11. The van der Waals surface area contributed by atoms with Crippen LogP contribution in [-0.4, -0.2) is 75.6 Å². The molecular formula is C56H109NO7P+. The summed E-state index contributed by atoms with van der Waals surface area (Å²) in [4.78, 5) is 23.1. The molecule has 0 aliphatic heterocycles. The molecule has 0 fully saturated rings. The Morgan fingerprint density at radius 1 is 0.477 bits per heavy atom. The van der Waals surface area contributed by atoms with Crippen LogP contribution in [0.4, 0.5) is 0 Å². The van der Waals surface area contributed by atoms with E-state index in [4.69, 9.17) is 18.5 Å². The number of likely N-dealkylation sites (N-methyl/N-ethyl adjacent to an activating group) is 1. The van der Waals surface area contributed by atoms with Gasteiger partial charge in [-0.15, -0.1) is 0 Å². The van der Waals surface area contributed by atoms with Gasteiger partial charge in [0.25, 0.3) is 0 Å². The normalized spacial score (nSPS) is 13.8. The zero-order valence-corrected chi connectivity index (χ0v) is 44.6. The fourth-order valence-corrected chi connectivity index (χ4v) is 8.66. The van der Waals surface area contributed by atoms with Crippen molar-refractivity contribution in [3.8, 4) is 0 Å². The molecule has 384 valence electrons. The maximum absolute atomic E-state index is 12.8. The molecular weight excluding hydrogens is 830 g/mol. The van der Waals surface area contributed by atoms with Crippen molar-refractivity contribution in [2.75, 3.05) is 54.1 Å². The van der Waals surface area contributed by atoms with E-state index in [2.05, 4.69) is 50.3 Å². The monoisotopic (exact) mass is 939 g/mol. The molecule has 0 rings (SSSR count). The van der Waals surface area contributed by atoms with E-state index in [0.717, 1.165) is 51.4 Å². The van der Waals surface area contributed by atoms with Crippen LogP contribution in [0, 0.1) is 0 Å². The quantitative estimate of drug-likeness (QED) is 0.0214. The van der Waals surface area contributed by atoms with Crippen LogP contribution in [0.2, 0.25) is 0 Å². The SMILES string of the molecule is CCCCCCC/C=C\C/C=C\C/C=C\CCCCCCCCCOCC(COP(=O)(O)OCC[N+](C)(C)C)OC(=O)CCCCCCCCCCCCCCCCCCCCCCC. The number of hydrogen-bond acceptors (Lipinski definition) is 6. The second-order valence-corrected chi connectivity index (χ2v) is 21.4. The molecule has 0 spiro atoms. The van der Waals surface area contributed by atoms with Gasteiger partial charge < -0.3 is 18.9 Å². The number of quaternary nitrogens is 1. The lowest BCUT2D eigenvalue weighted by molar-refractivity contribution is -0.870. The first-order valence-corrected chi connectivity index (χ1v) is 29.2. The molecule has 65 heavy (non-hydrogen) atoms. The van der Waals surface area contributed by atoms with E-state index in [0.29, 0.717) is 24.1 Å². The molecule has 8 nitrogen and oxygen atoms in total. The molecule has 0 bridgehead atoms. The number of nitrogens with zero attached hydrogens (tertiary/aromatic N) is 1. The molecule has 0 aromatic carbocycles. The predicted octanol–water partition coefficient (Wildman–Crippen LogP) is 17.3. The molecule has 0 aliphatic rings. The van der Waals surface area contributed by atoms with Gasteiger partial charge in [0.15, 0.2) is 0 Å². The topological polar surface area (TPSA) is 91.3 Å². The number of esters is 1. The molecule has 0 amide bonds. The van der Waals surface area contributed by atoms with Crippen LogP contribution in [0.3, 0.4) is 0 Å². The van der Waals surface area contributed by atoms with Gasteiger partial charge in [-0.2, -0.15) is 0 Å². The standard InChI is InChI=1S/C56H108NO7P/c1-6-8-10-12-14-16-18-20-22-24-26-28-30-32-34-36-38-40-42-44-46-48-51-61-53-55(54-63-65(59,60)62-52-50-57(3,4)5)64-56(58)49-47-45-43-41-39-37-35-33-31-29-27-25-23-21-19-17-15-13-11-9-7-2/h18,20,24,26,30,32,55H,6-17,19,21-23,25,27-29,31,33-54H2,1-5H3/p+1/b20-18-,26-24-,32-30-. The highest BCUT2D eigenvalue weighted by atomic mass is 31.2. The minimum Gasteiger partial charge on any atom is -0.457 e. The lowest BCUT2D eigenvalue weighted by Crippen LogP contribution is -2.37. The van der Waals surface area contributed by atoms with Crippen LogP contribution in [0.5, 0.6) is 0 Å². The number of ether oxygens (including phenoxy) is 2. The first-order chi connectivity index (χ1) is 31.6. The smallest absolute Gasteiger partial charge is 0.457 e. The van der Waals surface area contributed by atoms with Crippen LogP contribution in [0.25, 0.3) is 0 Å². The van der Waals surface area contributed by atoms with E-state index in [1.165, 1.54) is 186 Å². The number of rotatable bonds is 52. The Kier molecular flexibility index (Phi) is 48.2. The van der Waals surface area contributed by atoms with E-state index in [1.807, 2.05) is 21.1 Å². The number of allylic oxidation sites excluding steroid dienone is 6. The summed E-state index contributed by atoms with van der Waals surface area (Å²) in [7, 11) is 1.67. The average molecular weight is 939 g/mol. The highest BCUT2D eigenvalue weighted by Gasteiger charge is 2.26. The van der Waals surface area contributed by atoms with Crippen molar-refractivity contribution in [1.82, 2.24) is 0 Å². The minimum atomic E-state index is -4.28. The number of phosphoric acid groups is 1. The van der Waals surface area contributed by atoms with Crippen molar-refractivity contribution in [3.05, 3.63) is 36.5 Å². The highest BCUT2D eigenvalue weighted by molar-refractivity contribution is 7.47. The van der Waals surface area contributed by atoms with E-state index < -0.39 is 13.9 Å². The van der Waals surface area contributed by atoms with Crippen LogP contribution in [0.1, 0.15) is 258 Å². The second kappa shape index (κ2) is 49.2. The number of carbonyl (C=O) groups excluding carboxylic acids is 1. The Hall–Kier alpha value is -1.28. The first-order valence-electron chi connectivity index (χ1n) is 27.7. The summed E-state index contributed by atoms with van der Waals surface area (Å²) in [6.45, 7) is 5.64. The second-order valence-electron chi connectivity index (χ2n) is 20.0. The summed E-state index contributed by atoms with van der Waals surface area (Å²) in [6, 6.07) is 0. The number of carbonyl (C=O) groups is 1. The molecule has 0 heterocycles. The van der Waals surface area contributed by atoms with Gasteiger partial charge in [-0.1, -0.05) is 237 Å². The van der Waals surface area contributed by atoms with Crippen molar-refractivity contribution < 1.29 is 37.3 Å². The summed E-state index contributed by atoms with van der Waals surface area (Å²) in [6.07, 6.45) is 60.5. The molecule has 2 atom stereocenters. The summed E-state index contributed by atoms with van der Waals surface area (Å²) in [5, 5.41) is 0. The van der Waals surface area contributed by atoms with Crippen LogP contribution in [0.15, 0.2) is 36.5 Å². The molecule has 0 aliphatic carbocycles. The van der Waals surface area contributed by atoms with Gasteiger partial charge in [-0.05, 0) is 51.4 Å². The van der Waals surface area contributed by atoms with Crippen molar-refractivity contribution in [2.24, 2.45) is 0 Å². The Morgan fingerprint density at radius 2 is 0.846 bits per heavy atom. The summed E-state index contributed by atoms with van der Waals surface area (Å²) in [5.41, 5.74) is 0. The zero-order valence-electron chi connectivity index (χ0n) is 43.7. The number of phosphoric ester groups is 1. The van der Waals surface area contributed by atoms with Gasteiger partial charge in [0.1, 0.15) is 19.3 Å². The number of unbranched alkanes of at least 4 members (excludes halogenated alkanes) is 32. The fourth-order valence-electron chi connectivity index (χ4n) is 7.92. The van der Waals surface area contributed by atoms with Gasteiger partial charge in [0, 0.05) is 13.0 Å². The van der Waals surface area contributed by atoms with E-state index in [9.17, 15) is 14.3 Å². The first kappa shape index (κ1) is 63.7. The third kappa shape index (κ3) is 53.5. The van der Waals surface area contributed by atoms with E-state index in [1.54, 1.807) is 0 Å². The third-order valence-electron chi connectivity index (χ3n) is 12.2. The van der Waals surface area contributed by atoms with Gasteiger partial charge in [0.05, 0.1) is 34.4 Å². The molecule has 1 N–H and O–H groups in total. The Bertz CT molecular complexity index is 1140. The van der Waals surface area contributed by atoms with E-state index in [-0.39, 0.29) is 25.8 Å². The zero-order chi connectivity index (χ0) is 47.6. The Labute approximate surface area is 404 Å². The maximum atomic E-state index is 12.8. The van der Waals surface area contributed by atoms with Gasteiger partial charge in [0.2, 0.25) is 0 Å². The maximum Gasteiger partial charge on any atom is 0.472 e. The van der Waals surface area contributed by atoms with Crippen molar-refractivity contribution in [1.29, 1.82) is 0 Å². The van der Waals surface area contributed by atoms with Crippen LogP contribution >= 0.6 is 7.82 Å². The minimum absolute atomic E-state index is 0.0877. The van der Waals surface area contributed by atoms with Crippen LogP contribution < -0.4 is 0 Å². The van der Waals surface area contributed by atoms with Crippen molar-refractivity contribution in [2.45, 2.75) is 264 Å². The van der Waals surface area contributed by atoms with Crippen LogP contribution in [-0.2, 0) is 27.9 Å². The lowest BCUT2D eigenvalue weighted by atomic mass is 10.0. The molecule has 2 unspecified atom stereocenters. The molecule has 9 heteroatoms. The van der Waals surface area contributed by atoms with E-state index >= 15 is 0 Å². The average Bonchev–Trinajstić information content (AvgIpc) is 3.27. The largest absolute Gasteiger partial charge is 0.472 e. The lowest BCUT2D eigenvalue weighted by Gasteiger charge is -2.24. The summed E-state index contributed by atoms with van der Waals surface area (Å²) in [5.74, 6) is -0.312. The summed E-state index contributed by atoms with van der Waals surface area (Å²) < 4.78 is 35.2. The molecule has 0 aromatic rings. The Morgan fingerprint density at radius 3 is 1.26 bits per heavy atom. The predicted molar refractivity (Wildman–Crippen MR) is 280 cm³/mol. The molecule has 0 saturated carbocycles.